The van der Waals surface area contributed by atoms with Gasteiger partial charge in [0.25, 0.3) is 5.91 Å². The number of ether oxygens (including phenoxy) is 1. The minimum absolute atomic E-state index is 0.229. The average molecular weight is 324 g/mol. The van der Waals surface area contributed by atoms with Gasteiger partial charge in [-0.15, -0.1) is 11.3 Å². The Kier molecular flexibility index (Phi) is 4.39. The van der Waals surface area contributed by atoms with Crippen molar-refractivity contribution >= 4 is 22.4 Å². The highest BCUT2D eigenvalue weighted by molar-refractivity contribution is 7.14. The molecule has 0 saturated carbocycles. The molecule has 0 aliphatic carbocycles. The van der Waals surface area contributed by atoms with Gasteiger partial charge in [0.1, 0.15) is 5.75 Å². The summed E-state index contributed by atoms with van der Waals surface area (Å²) in [5.41, 5.74) is 3.57. The van der Waals surface area contributed by atoms with Crippen molar-refractivity contribution in [2.75, 3.05) is 12.4 Å². The summed E-state index contributed by atoms with van der Waals surface area (Å²) < 4.78 is 5.21. The normalized spacial score (nSPS) is 10.3. The summed E-state index contributed by atoms with van der Waals surface area (Å²) >= 11 is 1.40. The summed E-state index contributed by atoms with van der Waals surface area (Å²) in [6.45, 7) is 2.05. The van der Waals surface area contributed by atoms with Crippen molar-refractivity contribution in [1.29, 1.82) is 0 Å². The van der Waals surface area contributed by atoms with Crippen molar-refractivity contribution in [3.63, 3.8) is 0 Å². The van der Waals surface area contributed by atoms with E-state index < -0.39 is 0 Å². The largest absolute Gasteiger partial charge is 0.496 e. The first kappa shape index (κ1) is 15.2. The first-order valence-corrected chi connectivity index (χ1v) is 8.02. The van der Waals surface area contributed by atoms with E-state index in [1.54, 1.807) is 25.3 Å². The van der Waals surface area contributed by atoms with Gasteiger partial charge in [-0.3, -0.25) is 10.1 Å². The van der Waals surface area contributed by atoms with Gasteiger partial charge in [-0.2, -0.15) is 0 Å². The average Bonchev–Trinajstić information content (AvgIpc) is 3.04. The summed E-state index contributed by atoms with van der Waals surface area (Å²) in [4.78, 5) is 16.8. The van der Waals surface area contributed by atoms with Gasteiger partial charge in [0, 0.05) is 10.9 Å². The molecule has 0 spiro atoms. The number of aromatic nitrogens is 1. The van der Waals surface area contributed by atoms with E-state index in [4.69, 9.17) is 4.74 Å². The number of hydrogen-bond acceptors (Lipinski definition) is 4. The number of hydrogen-bond donors (Lipinski definition) is 1. The number of nitrogens with zero attached hydrogens (tertiary/aromatic N) is 1. The Morgan fingerprint density at radius 1 is 1.13 bits per heavy atom. The molecular weight excluding hydrogens is 308 g/mol. The third-order valence-corrected chi connectivity index (χ3v) is 4.18. The summed E-state index contributed by atoms with van der Waals surface area (Å²) in [7, 11) is 1.55. The zero-order valence-electron chi connectivity index (χ0n) is 12.9. The number of aryl methyl sites for hydroxylation is 1. The second-order valence-corrected chi connectivity index (χ2v) is 5.92. The van der Waals surface area contributed by atoms with E-state index in [0.717, 1.165) is 11.3 Å². The van der Waals surface area contributed by atoms with E-state index in [-0.39, 0.29) is 5.91 Å². The second kappa shape index (κ2) is 6.62. The Bertz CT molecular complexity index is 825. The summed E-state index contributed by atoms with van der Waals surface area (Å²) in [6, 6.07) is 15.2. The maximum atomic E-state index is 12.4. The lowest BCUT2D eigenvalue weighted by Gasteiger charge is -2.07. The van der Waals surface area contributed by atoms with Crippen LogP contribution < -0.4 is 10.1 Å². The van der Waals surface area contributed by atoms with Crippen LogP contribution in [-0.2, 0) is 0 Å². The lowest BCUT2D eigenvalue weighted by Crippen LogP contribution is -2.12. The van der Waals surface area contributed by atoms with Crippen molar-refractivity contribution in [2.24, 2.45) is 0 Å². The maximum absolute atomic E-state index is 12.4. The zero-order chi connectivity index (χ0) is 16.2. The molecule has 0 bridgehead atoms. The fourth-order valence-electron chi connectivity index (χ4n) is 2.18. The fraction of sp³-hybridized carbons (Fsp3) is 0.111. The number of thiazole rings is 1. The smallest absolute Gasteiger partial charge is 0.261 e. The molecule has 1 N–H and O–H groups in total. The van der Waals surface area contributed by atoms with Crippen LogP contribution >= 0.6 is 11.3 Å². The standard InChI is InChI=1S/C18H16N2O2S/c1-12-7-9-13(10-8-12)15-11-23-18(19-15)20-17(21)14-5-3-4-6-16(14)22-2/h3-11H,1-2H3,(H,19,20,21). The number of methoxy groups -OCH3 is 1. The Morgan fingerprint density at radius 2 is 1.87 bits per heavy atom. The van der Waals surface area contributed by atoms with Crippen LogP contribution in [0.3, 0.4) is 0 Å². The highest BCUT2D eigenvalue weighted by Gasteiger charge is 2.13. The lowest BCUT2D eigenvalue weighted by atomic mass is 10.1. The van der Waals surface area contributed by atoms with Crippen LogP contribution in [-0.4, -0.2) is 18.0 Å². The Hall–Kier alpha value is -2.66. The van der Waals surface area contributed by atoms with Crippen molar-refractivity contribution in [3.05, 3.63) is 65.0 Å². The molecule has 0 saturated heterocycles. The monoisotopic (exact) mass is 324 g/mol. The molecule has 4 nitrogen and oxygen atoms in total. The predicted molar refractivity (Wildman–Crippen MR) is 93.2 cm³/mol. The molecule has 1 heterocycles. The number of carbonyl (C=O) groups excluding carboxylic acids is 1. The van der Waals surface area contributed by atoms with Crippen LogP contribution in [0.5, 0.6) is 5.75 Å². The number of rotatable bonds is 4. The first-order chi connectivity index (χ1) is 11.2. The number of nitrogens with one attached hydrogen (secondary N) is 1. The third kappa shape index (κ3) is 3.40. The molecule has 0 aliphatic heterocycles. The molecule has 0 aliphatic rings. The van der Waals surface area contributed by atoms with Gasteiger partial charge >= 0.3 is 0 Å². The van der Waals surface area contributed by atoms with E-state index >= 15 is 0 Å². The van der Waals surface area contributed by atoms with E-state index in [1.807, 2.05) is 42.6 Å². The molecule has 0 atom stereocenters. The molecule has 0 unspecified atom stereocenters. The van der Waals surface area contributed by atoms with Gasteiger partial charge in [-0.05, 0) is 19.1 Å². The maximum Gasteiger partial charge on any atom is 0.261 e. The van der Waals surface area contributed by atoms with Gasteiger partial charge in [-0.25, -0.2) is 4.98 Å². The Morgan fingerprint density at radius 3 is 2.61 bits per heavy atom. The highest BCUT2D eigenvalue weighted by atomic mass is 32.1. The molecule has 3 rings (SSSR count). The van der Waals surface area contributed by atoms with Crippen molar-refractivity contribution in [2.45, 2.75) is 6.92 Å². The number of anilines is 1. The number of amides is 1. The van der Waals surface area contributed by atoms with E-state index in [2.05, 4.69) is 10.3 Å². The predicted octanol–water partition coefficient (Wildman–Crippen LogP) is 4.38. The highest BCUT2D eigenvalue weighted by Crippen LogP contribution is 2.26. The van der Waals surface area contributed by atoms with Crippen LogP contribution in [0.25, 0.3) is 11.3 Å². The summed E-state index contributed by atoms with van der Waals surface area (Å²) in [6.07, 6.45) is 0. The van der Waals surface area contributed by atoms with Crippen LogP contribution in [0, 0.1) is 6.92 Å². The fourth-order valence-corrected chi connectivity index (χ4v) is 2.90. The van der Waals surface area contributed by atoms with Gasteiger partial charge in [0.2, 0.25) is 0 Å². The molecule has 116 valence electrons. The van der Waals surface area contributed by atoms with E-state index in [1.165, 1.54) is 16.9 Å². The zero-order valence-corrected chi connectivity index (χ0v) is 13.7. The van der Waals surface area contributed by atoms with Crippen LogP contribution in [0.1, 0.15) is 15.9 Å². The minimum Gasteiger partial charge on any atom is -0.496 e. The van der Waals surface area contributed by atoms with E-state index in [0.29, 0.717) is 16.4 Å². The van der Waals surface area contributed by atoms with Crippen molar-refractivity contribution in [3.8, 4) is 17.0 Å². The SMILES string of the molecule is COc1ccccc1C(=O)Nc1nc(-c2ccc(C)cc2)cs1. The molecule has 2 aromatic carbocycles. The molecule has 0 fully saturated rings. The third-order valence-electron chi connectivity index (χ3n) is 3.42. The van der Waals surface area contributed by atoms with Crippen molar-refractivity contribution in [1.82, 2.24) is 4.98 Å². The van der Waals surface area contributed by atoms with Crippen LogP contribution in [0.2, 0.25) is 0 Å². The number of para-hydroxylation sites is 1. The lowest BCUT2D eigenvalue weighted by molar-refractivity contribution is 0.102. The van der Waals surface area contributed by atoms with Crippen LogP contribution in [0.4, 0.5) is 5.13 Å². The van der Waals surface area contributed by atoms with Gasteiger partial charge in [0.05, 0.1) is 18.4 Å². The Labute approximate surface area is 138 Å². The molecule has 5 heteroatoms. The Balaban J connectivity index is 1.79. The molecule has 1 amide bonds. The number of benzene rings is 2. The molecule has 23 heavy (non-hydrogen) atoms. The van der Waals surface area contributed by atoms with Gasteiger partial charge < -0.3 is 4.74 Å². The minimum atomic E-state index is -0.229. The topological polar surface area (TPSA) is 51.2 Å². The molecule has 1 aromatic heterocycles. The number of carbonyl (C=O) groups is 1. The van der Waals surface area contributed by atoms with E-state index in [9.17, 15) is 4.79 Å². The molecule has 0 radical (unpaired) electrons. The second-order valence-electron chi connectivity index (χ2n) is 5.06. The van der Waals surface area contributed by atoms with Crippen molar-refractivity contribution < 1.29 is 9.53 Å². The summed E-state index contributed by atoms with van der Waals surface area (Å²) in [5, 5.41) is 5.32. The molecule has 3 aromatic rings. The molecular formula is C18H16N2O2S. The van der Waals surface area contributed by atoms with Gasteiger partial charge in [-0.1, -0.05) is 42.0 Å². The summed E-state index contributed by atoms with van der Waals surface area (Å²) in [5.74, 6) is 0.313. The van der Waals surface area contributed by atoms with Crippen LogP contribution in [0.15, 0.2) is 53.9 Å². The first-order valence-electron chi connectivity index (χ1n) is 7.14. The van der Waals surface area contributed by atoms with Gasteiger partial charge in [0.15, 0.2) is 5.13 Å². The quantitative estimate of drug-likeness (QED) is 0.775.